The molecule has 0 radical (unpaired) electrons. The molecule has 0 aromatic heterocycles. The fraction of sp³-hybridized carbons (Fsp3) is 0.923. The van der Waals surface area contributed by atoms with Crippen LogP contribution in [0.2, 0.25) is 0 Å². The smallest absolute Gasteiger partial charge is 0.133 e. The molecule has 2 unspecified atom stereocenters. The van der Waals surface area contributed by atoms with E-state index in [-0.39, 0.29) is 5.38 Å². The normalized spacial score (nSPS) is 26.5. The number of unbranched alkanes of at least 4 members (excludes halogenated alkanes) is 2. The number of Topliss-reactive ketones (excluding diaryl/α,β-unsaturated/α-hetero) is 1. The summed E-state index contributed by atoms with van der Waals surface area (Å²) >= 11 is 6.24. The van der Waals surface area contributed by atoms with Crippen LogP contribution in [0.3, 0.4) is 0 Å². The molecule has 1 fully saturated rings. The van der Waals surface area contributed by atoms with Crippen molar-refractivity contribution >= 4 is 17.4 Å². The topological polar surface area (TPSA) is 17.1 Å². The zero-order chi connectivity index (χ0) is 11.1. The van der Waals surface area contributed by atoms with Crippen LogP contribution in [-0.2, 0) is 4.79 Å². The van der Waals surface area contributed by atoms with Gasteiger partial charge in [0.05, 0.1) is 0 Å². The molecule has 0 spiro atoms. The van der Waals surface area contributed by atoms with E-state index >= 15 is 0 Å². The zero-order valence-electron chi connectivity index (χ0n) is 9.80. The molecule has 1 aliphatic carbocycles. The molecule has 0 bridgehead atoms. The van der Waals surface area contributed by atoms with E-state index in [2.05, 4.69) is 6.92 Å². The Morgan fingerprint density at radius 1 is 1.27 bits per heavy atom. The first-order chi connectivity index (χ1) is 7.24. The lowest BCUT2D eigenvalue weighted by Crippen LogP contribution is -2.22. The van der Waals surface area contributed by atoms with Gasteiger partial charge in [0.15, 0.2) is 0 Å². The van der Waals surface area contributed by atoms with Crippen LogP contribution in [0, 0.1) is 5.92 Å². The Morgan fingerprint density at radius 2 is 2.00 bits per heavy atom. The number of alkyl halides is 1. The lowest BCUT2D eigenvalue weighted by atomic mass is 9.84. The van der Waals surface area contributed by atoms with Gasteiger partial charge in [0.25, 0.3) is 0 Å². The predicted molar refractivity (Wildman–Crippen MR) is 65.4 cm³/mol. The molecule has 2 atom stereocenters. The Balaban J connectivity index is 2.18. The molecular formula is C13H23ClO. The Kier molecular flexibility index (Phi) is 6.31. The Labute approximate surface area is 98.6 Å². The summed E-state index contributed by atoms with van der Waals surface area (Å²) in [5.74, 6) is 0.899. The zero-order valence-corrected chi connectivity index (χ0v) is 10.6. The van der Waals surface area contributed by atoms with Crippen LogP contribution in [0.1, 0.15) is 64.7 Å². The molecule has 0 aliphatic heterocycles. The molecule has 1 nitrogen and oxygen atoms in total. The van der Waals surface area contributed by atoms with E-state index in [0.717, 1.165) is 32.1 Å². The summed E-state index contributed by atoms with van der Waals surface area (Å²) in [6.07, 6.45) is 9.71. The summed E-state index contributed by atoms with van der Waals surface area (Å²) in [6, 6.07) is 0. The van der Waals surface area contributed by atoms with Gasteiger partial charge >= 0.3 is 0 Å². The van der Waals surface area contributed by atoms with Crippen molar-refractivity contribution in [3.63, 3.8) is 0 Å². The fourth-order valence-electron chi connectivity index (χ4n) is 2.36. The number of carbonyl (C=O) groups excluding carboxylic acids is 1. The highest BCUT2D eigenvalue weighted by molar-refractivity contribution is 6.20. The number of halogens is 1. The first-order valence-corrected chi connectivity index (χ1v) is 6.83. The average molecular weight is 231 g/mol. The Morgan fingerprint density at radius 3 is 2.67 bits per heavy atom. The first-order valence-electron chi connectivity index (χ1n) is 6.39. The van der Waals surface area contributed by atoms with Crippen LogP contribution >= 0.6 is 11.6 Å². The summed E-state index contributed by atoms with van der Waals surface area (Å²) in [5, 5.41) is 0.258. The molecule has 2 heteroatoms. The number of hydrogen-bond donors (Lipinski definition) is 0. The van der Waals surface area contributed by atoms with Gasteiger partial charge in [-0.1, -0.05) is 32.6 Å². The van der Waals surface area contributed by atoms with Crippen molar-refractivity contribution < 1.29 is 4.79 Å². The quantitative estimate of drug-likeness (QED) is 0.491. The number of carbonyl (C=O) groups is 1. The molecule has 1 rings (SSSR count). The van der Waals surface area contributed by atoms with Crippen LogP contribution < -0.4 is 0 Å². The molecule has 0 amide bonds. The summed E-state index contributed by atoms with van der Waals surface area (Å²) in [4.78, 5) is 11.7. The third kappa shape index (κ3) is 5.01. The maximum atomic E-state index is 11.7. The summed E-state index contributed by atoms with van der Waals surface area (Å²) in [5.41, 5.74) is 0. The second-order valence-electron chi connectivity index (χ2n) is 4.76. The second-order valence-corrected chi connectivity index (χ2v) is 5.32. The van der Waals surface area contributed by atoms with Crippen LogP contribution in [-0.4, -0.2) is 11.2 Å². The molecule has 0 saturated heterocycles. The van der Waals surface area contributed by atoms with Crippen molar-refractivity contribution in [2.75, 3.05) is 0 Å². The minimum Gasteiger partial charge on any atom is -0.300 e. The van der Waals surface area contributed by atoms with Crippen LogP contribution in [0.15, 0.2) is 0 Å². The Bertz CT molecular complexity index is 191. The van der Waals surface area contributed by atoms with E-state index in [1.165, 1.54) is 25.7 Å². The van der Waals surface area contributed by atoms with Crippen molar-refractivity contribution in [2.45, 2.75) is 70.1 Å². The minimum absolute atomic E-state index is 0.258. The molecule has 0 heterocycles. The van der Waals surface area contributed by atoms with E-state index in [1.54, 1.807) is 0 Å². The maximum absolute atomic E-state index is 11.7. The van der Waals surface area contributed by atoms with E-state index in [0.29, 0.717) is 11.7 Å². The highest BCUT2D eigenvalue weighted by atomic mass is 35.5. The van der Waals surface area contributed by atoms with Crippen LogP contribution in [0.4, 0.5) is 0 Å². The largest absolute Gasteiger partial charge is 0.300 e. The average Bonchev–Trinajstić information content (AvgIpc) is 2.22. The maximum Gasteiger partial charge on any atom is 0.133 e. The van der Waals surface area contributed by atoms with E-state index < -0.39 is 0 Å². The Hall–Kier alpha value is -0.0400. The predicted octanol–water partition coefficient (Wildman–Crippen LogP) is 4.32. The van der Waals surface area contributed by atoms with Gasteiger partial charge in [-0.05, 0) is 25.2 Å². The number of hydrogen-bond acceptors (Lipinski definition) is 1. The number of rotatable bonds is 6. The van der Waals surface area contributed by atoms with E-state index in [4.69, 9.17) is 11.6 Å². The molecule has 0 N–H and O–H groups in total. The van der Waals surface area contributed by atoms with Gasteiger partial charge < -0.3 is 0 Å². The van der Waals surface area contributed by atoms with Gasteiger partial charge in [-0.3, -0.25) is 4.79 Å². The SMILES string of the molecule is CCCCCC(=O)CC1CCCCC1Cl. The van der Waals surface area contributed by atoms with Gasteiger partial charge in [0.1, 0.15) is 5.78 Å². The van der Waals surface area contributed by atoms with Crippen molar-refractivity contribution in [3.8, 4) is 0 Å². The fourth-order valence-corrected chi connectivity index (χ4v) is 2.73. The summed E-state index contributed by atoms with van der Waals surface area (Å²) < 4.78 is 0. The van der Waals surface area contributed by atoms with Crippen molar-refractivity contribution in [3.05, 3.63) is 0 Å². The van der Waals surface area contributed by atoms with Crippen molar-refractivity contribution in [2.24, 2.45) is 5.92 Å². The van der Waals surface area contributed by atoms with Crippen LogP contribution in [0.25, 0.3) is 0 Å². The lowest BCUT2D eigenvalue weighted by Gasteiger charge is -2.26. The molecule has 0 aromatic rings. The first kappa shape index (κ1) is 13.0. The number of ketones is 1. The van der Waals surface area contributed by atoms with Gasteiger partial charge in [0.2, 0.25) is 0 Å². The molecule has 15 heavy (non-hydrogen) atoms. The van der Waals surface area contributed by atoms with Crippen molar-refractivity contribution in [1.29, 1.82) is 0 Å². The highest BCUT2D eigenvalue weighted by Gasteiger charge is 2.24. The molecule has 1 aliphatic rings. The van der Waals surface area contributed by atoms with E-state index in [1.807, 2.05) is 0 Å². The summed E-state index contributed by atoms with van der Waals surface area (Å²) in [7, 11) is 0. The lowest BCUT2D eigenvalue weighted by molar-refractivity contribution is -0.120. The minimum atomic E-state index is 0.258. The molecule has 88 valence electrons. The van der Waals surface area contributed by atoms with E-state index in [9.17, 15) is 4.79 Å². The van der Waals surface area contributed by atoms with Gasteiger partial charge in [0, 0.05) is 18.2 Å². The third-order valence-electron chi connectivity index (χ3n) is 3.37. The molecule has 0 aromatic carbocycles. The molecule has 1 saturated carbocycles. The summed E-state index contributed by atoms with van der Waals surface area (Å²) in [6.45, 7) is 2.17. The van der Waals surface area contributed by atoms with Crippen LogP contribution in [0.5, 0.6) is 0 Å². The second kappa shape index (κ2) is 7.27. The van der Waals surface area contributed by atoms with Gasteiger partial charge in [-0.25, -0.2) is 0 Å². The van der Waals surface area contributed by atoms with Gasteiger partial charge in [-0.2, -0.15) is 0 Å². The monoisotopic (exact) mass is 230 g/mol. The standard InChI is InChI=1S/C13H23ClO/c1-2-3-4-8-12(15)10-11-7-5-6-9-13(11)14/h11,13H,2-10H2,1H3. The van der Waals surface area contributed by atoms with Crippen molar-refractivity contribution in [1.82, 2.24) is 0 Å². The molecular weight excluding hydrogens is 208 g/mol. The van der Waals surface area contributed by atoms with Gasteiger partial charge in [-0.15, -0.1) is 11.6 Å². The highest BCUT2D eigenvalue weighted by Crippen LogP contribution is 2.31. The third-order valence-corrected chi connectivity index (χ3v) is 3.94.